The third-order valence-electron chi connectivity index (χ3n) is 1.98. The maximum Gasteiger partial charge on any atom is 0.191 e. The lowest BCUT2D eigenvalue weighted by Gasteiger charge is -2.05. The molecule has 0 aliphatic carbocycles. The van der Waals surface area contributed by atoms with Crippen LogP contribution in [0.3, 0.4) is 0 Å². The fourth-order valence-corrected chi connectivity index (χ4v) is 1.28. The molecule has 14 heavy (non-hydrogen) atoms. The van der Waals surface area contributed by atoms with Gasteiger partial charge < -0.3 is 0 Å². The maximum absolute atomic E-state index is 13.3. The van der Waals surface area contributed by atoms with Crippen molar-refractivity contribution in [2.24, 2.45) is 0 Å². The summed E-state index contributed by atoms with van der Waals surface area (Å²) in [5, 5.41) is 3.62. The summed E-state index contributed by atoms with van der Waals surface area (Å²) in [6.45, 7) is 3.60. The maximum atomic E-state index is 13.3. The Balaban J connectivity index is 2.74. The Morgan fingerprint density at radius 1 is 1.29 bits per heavy atom. The third kappa shape index (κ3) is 1.25. The molecule has 0 unspecified atom stereocenters. The highest BCUT2D eigenvalue weighted by Crippen LogP contribution is 2.17. The molecule has 0 amide bonds. The zero-order valence-electron chi connectivity index (χ0n) is 7.83. The number of rotatable bonds is 1. The molecule has 2 aromatic heterocycles. The van der Waals surface area contributed by atoms with E-state index in [2.05, 4.69) is 10.1 Å². The van der Waals surface area contributed by atoms with Crippen LogP contribution in [0.2, 0.25) is 0 Å². The summed E-state index contributed by atoms with van der Waals surface area (Å²) in [6, 6.07) is 0. The summed E-state index contributed by atoms with van der Waals surface area (Å²) >= 11 is 0. The first-order valence-corrected chi connectivity index (χ1v) is 4.29. The SMILES string of the molecule is CC(C)c1nc2c(F)cnn2cc1F. The van der Waals surface area contributed by atoms with Crippen molar-refractivity contribution in [2.75, 3.05) is 0 Å². The van der Waals surface area contributed by atoms with Crippen LogP contribution in [-0.2, 0) is 0 Å². The number of nitrogens with zero attached hydrogens (tertiary/aromatic N) is 3. The molecular formula is C9H9F2N3. The van der Waals surface area contributed by atoms with E-state index in [0.29, 0.717) is 0 Å². The first-order chi connectivity index (χ1) is 6.59. The van der Waals surface area contributed by atoms with E-state index in [-0.39, 0.29) is 17.3 Å². The lowest BCUT2D eigenvalue weighted by Crippen LogP contribution is -2.02. The first kappa shape index (κ1) is 9.05. The molecule has 0 bridgehead atoms. The lowest BCUT2D eigenvalue weighted by atomic mass is 10.1. The molecule has 0 aliphatic rings. The van der Waals surface area contributed by atoms with E-state index < -0.39 is 11.6 Å². The van der Waals surface area contributed by atoms with Gasteiger partial charge in [0.1, 0.15) is 0 Å². The Morgan fingerprint density at radius 2 is 2.00 bits per heavy atom. The second-order valence-corrected chi connectivity index (χ2v) is 3.39. The highest BCUT2D eigenvalue weighted by atomic mass is 19.1. The highest BCUT2D eigenvalue weighted by Gasteiger charge is 2.13. The minimum Gasteiger partial charge on any atom is -0.228 e. The van der Waals surface area contributed by atoms with E-state index in [4.69, 9.17) is 0 Å². The van der Waals surface area contributed by atoms with E-state index in [9.17, 15) is 8.78 Å². The van der Waals surface area contributed by atoms with Gasteiger partial charge in [0, 0.05) is 0 Å². The van der Waals surface area contributed by atoms with Gasteiger partial charge in [-0.2, -0.15) is 5.10 Å². The Bertz CT molecular complexity index is 476. The Labute approximate surface area is 79.4 Å². The minimum atomic E-state index is -0.535. The van der Waals surface area contributed by atoms with Gasteiger partial charge in [0.15, 0.2) is 17.3 Å². The van der Waals surface area contributed by atoms with Gasteiger partial charge in [0.2, 0.25) is 0 Å². The molecule has 2 aromatic rings. The normalized spacial score (nSPS) is 11.5. The van der Waals surface area contributed by atoms with Crippen LogP contribution < -0.4 is 0 Å². The second-order valence-electron chi connectivity index (χ2n) is 3.39. The van der Waals surface area contributed by atoms with Crippen LogP contribution >= 0.6 is 0 Å². The van der Waals surface area contributed by atoms with Gasteiger partial charge in [-0.05, 0) is 5.92 Å². The van der Waals surface area contributed by atoms with Gasteiger partial charge >= 0.3 is 0 Å². The molecule has 0 fully saturated rings. The summed E-state index contributed by atoms with van der Waals surface area (Å²) in [4.78, 5) is 3.88. The Hall–Kier alpha value is -1.52. The molecule has 74 valence electrons. The van der Waals surface area contributed by atoms with Crippen LogP contribution in [-0.4, -0.2) is 14.6 Å². The number of aromatic nitrogens is 3. The predicted octanol–water partition coefficient (Wildman–Crippen LogP) is 2.13. The van der Waals surface area contributed by atoms with Crippen molar-refractivity contribution in [3.8, 4) is 0 Å². The van der Waals surface area contributed by atoms with Crippen molar-refractivity contribution in [1.29, 1.82) is 0 Å². The van der Waals surface area contributed by atoms with E-state index in [0.717, 1.165) is 16.9 Å². The molecule has 0 aliphatic heterocycles. The smallest absolute Gasteiger partial charge is 0.191 e. The van der Waals surface area contributed by atoms with Gasteiger partial charge in [0.05, 0.1) is 18.1 Å². The summed E-state index contributed by atoms with van der Waals surface area (Å²) in [5.74, 6) is -1.07. The van der Waals surface area contributed by atoms with Gasteiger partial charge in [-0.15, -0.1) is 0 Å². The zero-order valence-corrected chi connectivity index (χ0v) is 7.83. The minimum absolute atomic E-state index is 0.0649. The van der Waals surface area contributed by atoms with Crippen molar-refractivity contribution >= 4 is 5.65 Å². The van der Waals surface area contributed by atoms with Crippen molar-refractivity contribution in [1.82, 2.24) is 14.6 Å². The molecule has 0 radical (unpaired) electrons. The topological polar surface area (TPSA) is 30.2 Å². The molecule has 0 aromatic carbocycles. The molecule has 2 rings (SSSR count). The van der Waals surface area contributed by atoms with Crippen LogP contribution in [0.15, 0.2) is 12.4 Å². The molecule has 2 heterocycles. The molecule has 5 heteroatoms. The number of hydrogen-bond acceptors (Lipinski definition) is 2. The Morgan fingerprint density at radius 3 is 2.64 bits per heavy atom. The second kappa shape index (κ2) is 3.01. The summed E-state index contributed by atoms with van der Waals surface area (Å²) in [5.41, 5.74) is 0.326. The molecule has 0 spiro atoms. The van der Waals surface area contributed by atoms with Gasteiger partial charge in [-0.25, -0.2) is 18.3 Å². The molecular weight excluding hydrogens is 188 g/mol. The monoisotopic (exact) mass is 197 g/mol. The van der Waals surface area contributed by atoms with Crippen LogP contribution in [0, 0.1) is 11.6 Å². The van der Waals surface area contributed by atoms with Crippen LogP contribution in [0.5, 0.6) is 0 Å². The van der Waals surface area contributed by atoms with Crippen molar-refractivity contribution in [3.05, 3.63) is 29.7 Å². The fourth-order valence-electron chi connectivity index (χ4n) is 1.28. The largest absolute Gasteiger partial charge is 0.228 e. The molecule has 0 atom stereocenters. The fraction of sp³-hybridized carbons (Fsp3) is 0.333. The average Bonchev–Trinajstić information content (AvgIpc) is 2.46. The van der Waals surface area contributed by atoms with Gasteiger partial charge in [-0.3, -0.25) is 0 Å². The molecule has 0 N–H and O–H groups in total. The van der Waals surface area contributed by atoms with E-state index in [1.807, 2.05) is 0 Å². The number of hydrogen-bond donors (Lipinski definition) is 0. The van der Waals surface area contributed by atoms with Crippen molar-refractivity contribution < 1.29 is 8.78 Å². The van der Waals surface area contributed by atoms with Gasteiger partial charge in [-0.1, -0.05) is 13.8 Å². The zero-order chi connectivity index (χ0) is 10.3. The van der Waals surface area contributed by atoms with E-state index in [1.54, 1.807) is 13.8 Å². The Kier molecular flexibility index (Phi) is 1.94. The lowest BCUT2D eigenvalue weighted by molar-refractivity contribution is 0.569. The molecule has 0 saturated carbocycles. The standard InChI is InChI=1S/C9H9F2N3/c1-5(2)8-7(11)4-14-9(13-8)6(10)3-12-14/h3-5H,1-2H3. The average molecular weight is 197 g/mol. The first-order valence-electron chi connectivity index (χ1n) is 4.29. The van der Waals surface area contributed by atoms with Crippen molar-refractivity contribution in [3.63, 3.8) is 0 Å². The summed E-state index contributed by atoms with van der Waals surface area (Å²) in [6.07, 6.45) is 2.16. The van der Waals surface area contributed by atoms with Crippen LogP contribution in [0.4, 0.5) is 8.78 Å². The van der Waals surface area contributed by atoms with E-state index >= 15 is 0 Å². The summed E-state index contributed by atoms with van der Waals surface area (Å²) < 4.78 is 27.5. The predicted molar refractivity (Wildman–Crippen MR) is 47.0 cm³/mol. The summed E-state index contributed by atoms with van der Waals surface area (Å²) in [7, 11) is 0. The number of halogens is 2. The number of fused-ring (bicyclic) bond motifs is 1. The third-order valence-corrected chi connectivity index (χ3v) is 1.98. The highest BCUT2D eigenvalue weighted by molar-refractivity contribution is 5.39. The molecule has 3 nitrogen and oxygen atoms in total. The van der Waals surface area contributed by atoms with Gasteiger partial charge in [0.25, 0.3) is 0 Å². The van der Waals surface area contributed by atoms with E-state index in [1.165, 1.54) is 0 Å². The van der Waals surface area contributed by atoms with Crippen molar-refractivity contribution in [2.45, 2.75) is 19.8 Å². The van der Waals surface area contributed by atoms with Crippen LogP contribution in [0.1, 0.15) is 25.5 Å². The van der Waals surface area contributed by atoms with Crippen LogP contribution in [0.25, 0.3) is 5.65 Å². The molecule has 0 saturated heterocycles. The quantitative estimate of drug-likeness (QED) is 0.701.